The Bertz CT molecular complexity index is 797. The number of carboxylic acids is 1. The maximum Gasteiger partial charge on any atom is 0.310 e. The zero-order valence-electron chi connectivity index (χ0n) is 11.5. The van der Waals surface area contributed by atoms with Crippen LogP contribution in [0.4, 0.5) is 0 Å². The number of fused-ring (bicyclic) bond motifs is 1. The monoisotopic (exact) mass is 283 g/mol. The van der Waals surface area contributed by atoms with Crippen molar-refractivity contribution in [3.05, 3.63) is 54.4 Å². The van der Waals surface area contributed by atoms with Gasteiger partial charge in [-0.15, -0.1) is 5.10 Å². The van der Waals surface area contributed by atoms with Gasteiger partial charge in [-0.1, -0.05) is 17.3 Å². The molecule has 0 saturated heterocycles. The second kappa shape index (κ2) is 5.32. The van der Waals surface area contributed by atoms with E-state index >= 15 is 0 Å². The number of hydrogen-bond donors (Lipinski definition) is 1. The molecule has 6 heteroatoms. The van der Waals surface area contributed by atoms with Crippen LogP contribution in [0.25, 0.3) is 11.0 Å². The molecular formula is C15H15N4O2+. The van der Waals surface area contributed by atoms with Crippen LogP contribution in [0.2, 0.25) is 0 Å². The van der Waals surface area contributed by atoms with Crippen molar-refractivity contribution in [2.24, 2.45) is 0 Å². The molecule has 0 aliphatic heterocycles. The van der Waals surface area contributed by atoms with Crippen LogP contribution in [-0.2, 0) is 11.5 Å². The number of para-hydroxylation sites is 1. The van der Waals surface area contributed by atoms with E-state index in [4.69, 9.17) is 5.11 Å². The predicted molar refractivity (Wildman–Crippen MR) is 75.6 cm³/mol. The SMILES string of the molecule is CC(C(=O)O)c1ccc[n+](Cn2nnc3ccccc32)c1. The highest BCUT2D eigenvalue weighted by Crippen LogP contribution is 2.13. The third kappa shape index (κ3) is 2.60. The van der Waals surface area contributed by atoms with Gasteiger partial charge in [-0.05, 0) is 25.1 Å². The minimum absolute atomic E-state index is 0.487. The molecule has 21 heavy (non-hydrogen) atoms. The van der Waals surface area contributed by atoms with E-state index in [1.165, 1.54) is 0 Å². The van der Waals surface area contributed by atoms with Crippen molar-refractivity contribution in [3.63, 3.8) is 0 Å². The molecule has 1 N–H and O–H groups in total. The molecule has 106 valence electrons. The average molecular weight is 283 g/mol. The van der Waals surface area contributed by atoms with Crippen LogP contribution in [0.1, 0.15) is 18.4 Å². The Hall–Kier alpha value is -2.76. The smallest absolute Gasteiger partial charge is 0.310 e. The van der Waals surface area contributed by atoms with E-state index in [0.29, 0.717) is 6.67 Å². The lowest BCUT2D eigenvalue weighted by Crippen LogP contribution is -2.38. The summed E-state index contributed by atoms with van der Waals surface area (Å²) in [6.45, 7) is 2.16. The van der Waals surface area contributed by atoms with Gasteiger partial charge in [0.1, 0.15) is 5.52 Å². The van der Waals surface area contributed by atoms with Crippen LogP contribution >= 0.6 is 0 Å². The van der Waals surface area contributed by atoms with Crippen molar-refractivity contribution in [3.8, 4) is 0 Å². The highest BCUT2D eigenvalue weighted by molar-refractivity contribution is 5.75. The largest absolute Gasteiger partial charge is 0.481 e. The minimum atomic E-state index is -0.834. The normalized spacial score (nSPS) is 12.4. The fourth-order valence-corrected chi connectivity index (χ4v) is 2.21. The predicted octanol–water partition coefficient (Wildman–Crippen LogP) is 1.41. The lowest BCUT2D eigenvalue weighted by molar-refractivity contribution is -0.702. The van der Waals surface area contributed by atoms with Crippen molar-refractivity contribution >= 4 is 17.0 Å². The van der Waals surface area contributed by atoms with Gasteiger partial charge in [0, 0.05) is 11.6 Å². The Balaban J connectivity index is 1.91. The standard InChI is InChI=1S/C15H14N4O2/c1-11(15(20)21)12-5-4-8-18(9-12)10-19-14-7-3-2-6-13(14)16-17-19/h2-9,11H,10H2,1H3/p+1. The number of aromatic nitrogens is 4. The van der Waals surface area contributed by atoms with Crippen LogP contribution in [0, 0.1) is 0 Å². The molecule has 0 saturated carbocycles. The summed E-state index contributed by atoms with van der Waals surface area (Å²) in [7, 11) is 0. The van der Waals surface area contributed by atoms with E-state index < -0.39 is 11.9 Å². The Morgan fingerprint density at radius 3 is 2.95 bits per heavy atom. The van der Waals surface area contributed by atoms with Gasteiger partial charge in [-0.3, -0.25) is 4.79 Å². The zero-order chi connectivity index (χ0) is 14.8. The number of aliphatic carboxylic acids is 1. The van der Waals surface area contributed by atoms with Crippen LogP contribution in [0.3, 0.4) is 0 Å². The van der Waals surface area contributed by atoms with E-state index in [1.807, 2.05) is 53.4 Å². The first-order valence-corrected chi connectivity index (χ1v) is 6.65. The van der Waals surface area contributed by atoms with Crippen LogP contribution in [0.5, 0.6) is 0 Å². The molecule has 3 aromatic rings. The fourth-order valence-electron chi connectivity index (χ4n) is 2.21. The summed E-state index contributed by atoms with van der Waals surface area (Å²) >= 11 is 0. The fraction of sp³-hybridized carbons (Fsp3) is 0.200. The molecule has 3 rings (SSSR count). The Morgan fingerprint density at radius 1 is 1.33 bits per heavy atom. The molecule has 0 amide bonds. The van der Waals surface area contributed by atoms with Gasteiger partial charge in [-0.25, -0.2) is 0 Å². The van der Waals surface area contributed by atoms with Crippen LogP contribution < -0.4 is 4.57 Å². The highest BCUT2D eigenvalue weighted by atomic mass is 16.4. The molecule has 0 fully saturated rings. The zero-order valence-corrected chi connectivity index (χ0v) is 11.5. The summed E-state index contributed by atoms with van der Waals surface area (Å²) in [5.74, 6) is -1.37. The summed E-state index contributed by atoms with van der Waals surface area (Å²) in [5.41, 5.74) is 2.55. The molecule has 0 aliphatic carbocycles. The maximum absolute atomic E-state index is 11.1. The van der Waals surface area contributed by atoms with E-state index in [2.05, 4.69) is 10.3 Å². The number of benzene rings is 1. The number of carbonyl (C=O) groups is 1. The maximum atomic E-state index is 11.1. The van der Waals surface area contributed by atoms with Gasteiger partial charge in [0.15, 0.2) is 12.4 Å². The van der Waals surface area contributed by atoms with E-state index in [9.17, 15) is 4.79 Å². The summed E-state index contributed by atoms with van der Waals surface area (Å²) < 4.78 is 3.68. The summed E-state index contributed by atoms with van der Waals surface area (Å²) in [6, 6.07) is 11.4. The minimum Gasteiger partial charge on any atom is -0.481 e. The third-order valence-electron chi connectivity index (χ3n) is 3.47. The molecule has 2 aromatic heterocycles. The first-order chi connectivity index (χ1) is 10.1. The van der Waals surface area contributed by atoms with E-state index in [1.54, 1.807) is 11.6 Å². The molecular weight excluding hydrogens is 268 g/mol. The van der Waals surface area contributed by atoms with Crippen molar-refractivity contribution < 1.29 is 14.5 Å². The first-order valence-electron chi connectivity index (χ1n) is 6.65. The molecule has 0 aliphatic rings. The topological polar surface area (TPSA) is 71.9 Å². The molecule has 0 bridgehead atoms. The Kier molecular flexibility index (Phi) is 3.35. The van der Waals surface area contributed by atoms with Gasteiger partial charge in [0.05, 0.1) is 11.4 Å². The molecule has 0 spiro atoms. The molecule has 1 atom stereocenters. The second-order valence-electron chi connectivity index (χ2n) is 4.93. The van der Waals surface area contributed by atoms with Gasteiger partial charge >= 0.3 is 5.97 Å². The van der Waals surface area contributed by atoms with Crippen LogP contribution in [-0.4, -0.2) is 26.1 Å². The first kappa shape index (κ1) is 13.2. The number of nitrogens with zero attached hydrogens (tertiary/aromatic N) is 4. The number of rotatable bonds is 4. The number of carboxylic acid groups (broad SMARTS) is 1. The Morgan fingerprint density at radius 2 is 2.14 bits per heavy atom. The molecule has 1 unspecified atom stereocenters. The van der Waals surface area contributed by atoms with Gasteiger partial charge in [0.2, 0.25) is 6.67 Å². The van der Waals surface area contributed by atoms with Gasteiger partial charge < -0.3 is 5.11 Å². The van der Waals surface area contributed by atoms with Crippen LogP contribution in [0.15, 0.2) is 48.8 Å². The molecule has 0 radical (unpaired) electrons. The second-order valence-corrected chi connectivity index (χ2v) is 4.93. The van der Waals surface area contributed by atoms with E-state index in [-0.39, 0.29) is 0 Å². The molecule has 6 nitrogen and oxygen atoms in total. The van der Waals surface area contributed by atoms with Crippen molar-refractivity contribution in [1.82, 2.24) is 15.0 Å². The number of hydrogen-bond acceptors (Lipinski definition) is 3. The average Bonchev–Trinajstić information content (AvgIpc) is 2.90. The third-order valence-corrected chi connectivity index (χ3v) is 3.47. The number of pyridine rings is 1. The summed E-state index contributed by atoms with van der Waals surface area (Å²) in [4.78, 5) is 11.1. The summed E-state index contributed by atoms with van der Waals surface area (Å²) in [6.07, 6.45) is 3.71. The quantitative estimate of drug-likeness (QED) is 0.735. The van der Waals surface area contributed by atoms with Crippen molar-refractivity contribution in [2.45, 2.75) is 19.5 Å². The highest BCUT2D eigenvalue weighted by Gasteiger charge is 2.17. The van der Waals surface area contributed by atoms with Gasteiger partial charge in [0.25, 0.3) is 0 Å². The lowest BCUT2D eigenvalue weighted by Gasteiger charge is -2.05. The van der Waals surface area contributed by atoms with Crippen molar-refractivity contribution in [1.29, 1.82) is 0 Å². The lowest BCUT2D eigenvalue weighted by atomic mass is 10.0. The molecule has 1 aromatic carbocycles. The summed E-state index contributed by atoms with van der Waals surface area (Å²) in [5, 5.41) is 17.3. The Labute approximate surface area is 121 Å². The van der Waals surface area contributed by atoms with Gasteiger partial charge in [-0.2, -0.15) is 9.25 Å². The molecule has 2 heterocycles. The van der Waals surface area contributed by atoms with E-state index in [0.717, 1.165) is 16.6 Å². The van der Waals surface area contributed by atoms with Crippen molar-refractivity contribution in [2.75, 3.05) is 0 Å².